The zero-order chi connectivity index (χ0) is 12.3. The van der Waals surface area contributed by atoms with Gasteiger partial charge in [0.2, 0.25) is 5.88 Å². The predicted octanol–water partition coefficient (Wildman–Crippen LogP) is 1.88. The van der Waals surface area contributed by atoms with Gasteiger partial charge in [-0.15, -0.1) is 10.2 Å². The Morgan fingerprint density at radius 1 is 1.24 bits per heavy atom. The molecule has 92 valence electrons. The molecule has 0 saturated carbocycles. The lowest BCUT2D eigenvalue weighted by Gasteiger charge is -2.10. The molecule has 2 aromatic rings. The highest BCUT2D eigenvalue weighted by molar-refractivity contribution is 5.42. The largest absolute Gasteiger partial charge is 0.476 e. The number of hydrogen-bond acceptors (Lipinski definition) is 4. The van der Waals surface area contributed by atoms with Crippen molar-refractivity contribution in [3.63, 3.8) is 0 Å². The molecule has 2 aromatic heterocycles. The van der Waals surface area contributed by atoms with Gasteiger partial charge in [-0.25, -0.2) is 4.40 Å². The molecule has 0 aromatic carbocycles. The maximum atomic E-state index is 5.67. The van der Waals surface area contributed by atoms with E-state index in [4.69, 9.17) is 9.47 Å². The summed E-state index contributed by atoms with van der Waals surface area (Å²) in [6.07, 6.45) is 0. The summed E-state index contributed by atoms with van der Waals surface area (Å²) in [6.45, 7) is 5.26. The van der Waals surface area contributed by atoms with Gasteiger partial charge in [0.15, 0.2) is 5.65 Å². The van der Waals surface area contributed by atoms with Gasteiger partial charge in [-0.3, -0.25) is 0 Å². The molecule has 0 saturated heterocycles. The van der Waals surface area contributed by atoms with E-state index in [0.717, 1.165) is 17.4 Å². The third kappa shape index (κ3) is 2.39. The smallest absolute Gasteiger partial charge is 0.200 e. The topological polar surface area (TPSA) is 48.7 Å². The van der Waals surface area contributed by atoms with Gasteiger partial charge in [-0.1, -0.05) is 19.9 Å². The Labute approximate surface area is 100 Å². The number of nitrogens with zero attached hydrogens (tertiary/aromatic N) is 3. The minimum absolute atomic E-state index is 0.303. The molecule has 0 unspecified atom stereocenters. The molecule has 17 heavy (non-hydrogen) atoms. The highest BCUT2D eigenvalue weighted by atomic mass is 16.5. The van der Waals surface area contributed by atoms with Gasteiger partial charge in [0.25, 0.3) is 0 Å². The normalized spacial score (nSPS) is 11.3. The highest BCUT2D eigenvalue weighted by Crippen LogP contribution is 2.20. The lowest BCUT2D eigenvalue weighted by atomic mass is 10.2. The molecule has 0 aliphatic carbocycles. The molecule has 5 heteroatoms. The molecular weight excluding hydrogens is 218 g/mol. The second-order valence-electron chi connectivity index (χ2n) is 4.11. The second kappa shape index (κ2) is 5.14. The van der Waals surface area contributed by atoms with Crippen LogP contribution in [0.1, 0.15) is 25.6 Å². The van der Waals surface area contributed by atoms with E-state index in [1.165, 1.54) is 0 Å². The molecule has 0 amide bonds. The molecule has 0 aliphatic heterocycles. The van der Waals surface area contributed by atoms with E-state index in [-0.39, 0.29) is 0 Å². The Kier molecular flexibility index (Phi) is 3.58. The van der Waals surface area contributed by atoms with E-state index in [0.29, 0.717) is 19.1 Å². The minimum atomic E-state index is 0.303. The SMILES string of the molecule is COCCOc1cccc2nnc(C(C)C)n12. The number of aromatic nitrogens is 3. The molecule has 0 radical (unpaired) electrons. The first-order chi connectivity index (χ1) is 8.24. The molecule has 2 heterocycles. The Morgan fingerprint density at radius 3 is 2.76 bits per heavy atom. The summed E-state index contributed by atoms with van der Waals surface area (Å²) in [6, 6.07) is 5.75. The maximum Gasteiger partial charge on any atom is 0.200 e. The number of pyridine rings is 1. The fourth-order valence-electron chi connectivity index (χ4n) is 1.65. The van der Waals surface area contributed by atoms with E-state index >= 15 is 0 Å². The van der Waals surface area contributed by atoms with Crippen LogP contribution in [-0.2, 0) is 4.74 Å². The lowest BCUT2D eigenvalue weighted by molar-refractivity contribution is 0.143. The van der Waals surface area contributed by atoms with Crippen molar-refractivity contribution in [1.82, 2.24) is 14.6 Å². The van der Waals surface area contributed by atoms with Crippen LogP contribution in [0.2, 0.25) is 0 Å². The summed E-state index contributed by atoms with van der Waals surface area (Å²) >= 11 is 0. The average Bonchev–Trinajstić information content (AvgIpc) is 2.74. The van der Waals surface area contributed by atoms with Crippen LogP contribution in [0.15, 0.2) is 18.2 Å². The lowest BCUT2D eigenvalue weighted by Crippen LogP contribution is -2.08. The van der Waals surface area contributed by atoms with Crippen LogP contribution >= 0.6 is 0 Å². The van der Waals surface area contributed by atoms with Crippen molar-refractivity contribution in [3.05, 3.63) is 24.0 Å². The summed E-state index contributed by atoms with van der Waals surface area (Å²) in [4.78, 5) is 0. The highest BCUT2D eigenvalue weighted by Gasteiger charge is 2.12. The van der Waals surface area contributed by atoms with Crippen molar-refractivity contribution in [2.45, 2.75) is 19.8 Å². The summed E-state index contributed by atoms with van der Waals surface area (Å²) in [5.41, 5.74) is 0.809. The van der Waals surface area contributed by atoms with E-state index in [1.54, 1.807) is 7.11 Å². The molecule has 0 atom stereocenters. The average molecular weight is 235 g/mol. The summed E-state index contributed by atoms with van der Waals surface area (Å²) in [5, 5.41) is 8.32. The van der Waals surface area contributed by atoms with Gasteiger partial charge in [-0.05, 0) is 12.1 Å². The van der Waals surface area contributed by atoms with Gasteiger partial charge in [0, 0.05) is 13.0 Å². The van der Waals surface area contributed by atoms with E-state index in [2.05, 4.69) is 24.0 Å². The molecule has 0 spiro atoms. The molecule has 0 N–H and O–H groups in total. The molecule has 0 bridgehead atoms. The maximum absolute atomic E-state index is 5.67. The van der Waals surface area contributed by atoms with Crippen molar-refractivity contribution in [1.29, 1.82) is 0 Å². The Bertz CT molecular complexity index is 493. The first-order valence-electron chi connectivity index (χ1n) is 5.70. The molecule has 0 fully saturated rings. The summed E-state index contributed by atoms with van der Waals surface area (Å²) in [7, 11) is 1.66. The van der Waals surface area contributed by atoms with Crippen LogP contribution in [0.5, 0.6) is 5.88 Å². The number of hydrogen-bond donors (Lipinski definition) is 0. The Hall–Kier alpha value is -1.62. The van der Waals surface area contributed by atoms with Gasteiger partial charge >= 0.3 is 0 Å². The van der Waals surface area contributed by atoms with Gasteiger partial charge in [0.05, 0.1) is 6.61 Å². The van der Waals surface area contributed by atoms with Crippen LogP contribution in [0.3, 0.4) is 0 Å². The first kappa shape index (κ1) is 11.9. The molecule has 2 rings (SSSR count). The third-order valence-electron chi connectivity index (χ3n) is 2.47. The van der Waals surface area contributed by atoms with Crippen molar-refractivity contribution in [2.24, 2.45) is 0 Å². The zero-order valence-corrected chi connectivity index (χ0v) is 10.4. The van der Waals surface area contributed by atoms with Crippen molar-refractivity contribution >= 4 is 5.65 Å². The van der Waals surface area contributed by atoms with E-state index in [9.17, 15) is 0 Å². The van der Waals surface area contributed by atoms with Crippen LogP contribution in [0.4, 0.5) is 0 Å². The Balaban J connectivity index is 2.36. The van der Waals surface area contributed by atoms with Crippen LogP contribution in [-0.4, -0.2) is 34.9 Å². The second-order valence-corrected chi connectivity index (χ2v) is 4.11. The molecule has 5 nitrogen and oxygen atoms in total. The molecule has 0 aliphatic rings. The number of methoxy groups -OCH3 is 1. The van der Waals surface area contributed by atoms with Gasteiger partial charge < -0.3 is 9.47 Å². The molecular formula is C12H17N3O2. The van der Waals surface area contributed by atoms with Crippen molar-refractivity contribution in [3.8, 4) is 5.88 Å². The standard InChI is InChI=1S/C12H17N3O2/c1-9(2)12-14-13-10-5-4-6-11(15(10)12)17-8-7-16-3/h4-6,9H,7-8H2,1-3H3. The van der Waals surface area contributed by atoms with Crippen LogP contribution < -0.4 is 4.74 Å². The zero-order valence-electron chi connectivity index (χ0n) is 10.4. The monoisotopic (exact) mass is 235 g/mol. The fraction of sp³-hybridized carbons (Fsp3) is 0.500. The fourth-order valence-corrected chi connectivity index (χ4v) is 1.65. The van der Waals surface area contributed by atoms with Crippen LogP contribution in [0, 0.1) is 0 Å². The quantitative estimate of drug-likeness (QED) is 0.742. The van der Waals surface area contributed by atoms with Crippen LogP contribution in [0.25, 0.3) is 5.65 Å². The third-order valence-corrected chi connectivity index (χ3v) is 2.47. The predicted molar refractivity (Wildman–Crippen MR) is 64.4 cm³/mol. The van der Waals surface area contributed by atoms with Crippen molar-refractivity contribution in [2.75, 3.05) is 20.3 Å². The van der Waals surface area contributed by atoms with Gasteiger partial charge in [-0.2, -0.15) is 0 Å². The number of ether oxygens (including phenoxy) is 2. The van der Waals surface area contributed by atoms with E-state index in [1.807, 2.05) is 22.6 Å². The number of rotatable bonds is 5. The van der Waals surface area contributed by atoms with Crippen molar-refractivity contribution < 1.29 is 9.47 Å². The van der Waals surface area contributed by atoms with Gasteiger partial charge in [0.1, 0.15) is 12.4 Å². The number of fused-ring (bicyclic) bond motifs is 1. The minimum Gasteiger partial charge on any atom is -0.476 e. The first-order valence-corrected chi connectivity index (χ1v) is 5.70. The van der Waals surface area contributed by atoms with E-state index < -0.39 is 0 Å². The summed E-state index contributed by atoms with van der Waals surface area (Å²) < 4.78 is 12.6. The Morgan fingerprint density at radius 2 is 2.06 bits per heavy atom. The summed E-state index contributed by atoms with van der Waals surface area (Å²) in [5.74, 6) is 1.97.